The summed E-state index contributed by atoms with van der Waals surface area (Å²) >= 11 is 0. The van der Waals surface area contributed by atoms with Gasteiger partial charge in [0.1, 0.15) is 0 Å². The number of anilines is 1. The maximum Gasteiger partial charge on any atom is 0.215 e. The third-order valence-electron chi connectivity index (χ3n) is 1.87. The van der Waals surface area contributed by atoms with E-state index in [1.165, 1.54) is 11.8 Å². The Labute approximate surface area is 82.5 Å². The van der Waals surface area contributed by atoms with Gasteiger partial charge in [-0.3, -0.25) is 4.79 Å². The minimum absolute atomic E-state index is 0.0243. The highest BCUT2D eigenvalue weighted by Gasteiger charge is 2.13. The van der Waals surface area contributed by atoms with E-state index in [9.17, 15) is 4.79 Å². The Kier molecular flexibility index (Phi) is 3.23. The SMILES string of the molecule is CC(=O)C(=NO)N(C)c1ccccc1. The van der Waals surface area contributed by atoms with Crippen LogP contribution in [0.2, 0.25) is 0 Å². The number of carbonyl (C=O) groups excluding carboxylic acids is 1. The predicted octanol–water partition coefficient (Wildman–Crippen LogP) is 1.50. The first-order chi connectivity index (χ1) is 6.66. The quantitative estimate of drug-likeness (QED) is 0.334. The lowest BCUT2D eigenvalue weighted by molar-refractivity contribution is -0.111. The number of rotatable bonds is 2. The smallest absolute Gasteiger partial charge is 0.215 e. The summed E-state index contributed by atoms with van der Waals surface area (Å²) in [4.78, 5) is 12.6. The number of Topliss-reactive ketones (excluding diaryl/α,β-unsaturated/α-hetero) is 1. The van der Waals surface area contributed by atoms with Gasteiger partial charge in [-0.05, 0) is 12.1 Å². The predicted molar refractivity (Wildman–Crippen MR) is 54.7 cm³/mol. The maximum atomic E-state index is 11.1. The molecule has 4 heteroatoms. The average molecular weight is 192 g/mol. The zero-order chi connectivity index (χ0) is 10.6. The first-order valence-corrected chi connectivity index (χ1v) is 4.18. The van der Waals surface area contributed by atoms with Crippen molar-refractivity contribution in [2.24, 2.45) is 5.16 Å². The van der Waals surface area contributed by atoms with E-state index < -0.39 is 0 Å². The molecule has 0 saturated heterocycles. The molecule has 0 fully saturated rings. The zero-order valence-corrected chi connectivity index (χ0v) is 8.14. The normalized spacial score (nSPS) is 11.1. The molecule has 0 bridgehead atoms. The van der Waals surface area contributed by atoms with Gasteiger partial charge in [-0.15, -0.1) is 0 Å². The molecule has 1 rings (SSSR count). The van der Waals surface area contributed by atoms with Crippen molar-refractivity contribution < 1.29 is 10.0 Å². The summed E-state index contributed by atoms with van der Waals surface area (Å²) in [6.07, 6.45) is 0. The fourth-order valence-corrected chi connectivity index (χ4v) is 1.15. The standard InChI is InChI=1S/C10H12N2O2/c1-8(13)10(11-14)12(2)9-6-4-3-5-7-9/h3-7,14H,1-2H3. The van der Waals surface area contributed by atoms with Crippen LogP contribution in [-0.4, -0.2) is 23.9 Å². The van der Waals surface area contributed by atoms with Crippen LogP contribution in [0.25, 0.3) is 0 Å². The van der Waals surface area contributed by atoms with Gasteiger partial charge in [0.25, 0.3) is 0 Å². The van der Waals surface area contributed by atoms with E-state index in [0.29, 0.717) is 0 Å². The van der Waals surface area contributed by atoms with Gasteiger partial charge in [0.2, 0.25) is 5.84 Å². The van der Waals surface area contributed by atoms with Crippen LogP contribution in [0.4, 0.5) is 5.69 Å². The second kappa shape index (κ2) is 4.41. The van der Waals surface area contributed by atoms with Gasteiger partial charge in [0.15, 0.2) is 5.78 Å². The van der Waals surface area contributed by atoms with E-state index in [2.05, 4.69) is 5.16 Å². The lowest BCUT2D eigenvalue weighted by atomic mass is 10.2. The number of amidine groups is 1. The van der Waals surface area contributed by atoms with Crippen molar-refractivity contribution >= 4 is 17.3 Å². The summed E-state index contributed by atoms with van der Waals surface area (Å²) in [7, 11) is 1.67. The van der Waals surface area contributed by atoms with Crippen molar-refractivity contribution in [3.8, 4) is 0 Å². The number of oxime groups is 1. The summed E-state index contributed by atoms with van der Waals surface area (Å²) < 4.78 is 0. The van der Waals surface area contributed by atoms with E-state index >= 15 is 0 Å². The van der Waals surface area contributed by atoms with Crippen molar-refractivity contribution in [1.82, 2.24) is 0 Å². The number of para-hydroxylation sites is 1. The number of hydrogen-bond acceptors (Lipinski definition) is 3. The molecule has 14 heavy (non-hydrogen) atoms. The number of nitrogens with zero attached hydrogens (tertiary/aromatic N) is 2. The van der Waals surface area contributed by atoms with Crippen LogP contribution in [0.5, 0.6) is 0 Å². The molecule has 4 nitrogen and oxygen atoms in total. The Morgan fingerprint density at radius 3 is 2.36 bits per heavy atom. The number of carbonyl (C=O) groups is 1. The summed E-state index contributed by atoms with van der Waals surface area (Å²) in [6.45, 7) is 1.36. The first-order valence-electron chi connectivity index (χ1n) is 4.18. The van der Waals surface area contributed by atoms with Crippen LogP contribution in [0, 0.1) is 0 Å². The van der Waals surface area contributed by atoms with E-state index in [1.54, 1.807) is 7.05 Å². The molecule has 0 aliphatic carbocycles. The lowest BCUT2D eigenvalue weighted by Gasteiger charge is -2.17. The monoisotopic (exact) mass is 192 g/mol. The van der Waals surface area contributed by atoms with Crippen LogP contribution in [0.3, 0.4) is 0 Å². The molecule has 1 N–H and O–H groups in total. The molecule has 0 spiro atoms. The molecule has 0 unspecified atom stereocenters. The molecule has 0 heterocycles. The molecule has 0 saturated carbocycles. The van der Waals surface area contributed by atoms with Crippen molar-refractivity contribution in [3.63, 3.8) is 0 Å². The van der Waals surface area contributed by atoms with Gasteiger partial charge in [-0.1, -0.05) is 23.4 Å². The van der Waals surface area contributed by atoms with Gasteiger partial charge in [-0.25, -0.2) is 0 Å². The van der Waals surface area contributed by atoms with E-state index in [0.717, 1.165) is 5.69 Å². The topological polar surface area (TPSA) is 52.9 Å². The molecule has 0 aliphatic heterocycles. The highest BCUT2D eigenvalue weighted by molar-refractivity contribution is 6.42. The van der Waals surface area contributed by atoms with Crippen molar-refractivity contribution in [2.75, 3.05) is 11.9 Å². The van der Waals surface area contributed by atoms with Crippen molar-refractivity contribution in [2.45, 2.75) is 6.92 Å². The second-order valence-corrected chi connectivity index (χ2v) is 2.87. The van der Waals surface area contributed by atoms with Crippen LogP contribution in [0.1, 0.15) is 6.92 Å². The number of ketones is 1. The third kappa shape index (κ3) is 2.10. The van der Waals surface area contributed by atoms with Crippen molar-refractivity contribution in [1.29, 1.82) is 0 Å². The van der Waals surface area contributed by atoms with Gasteiger partial charge in [0, 0.05) is 19.7 Å². The third-order valence-corrected chi connectivity index (χ3v) is 1.87. The Bertz CT molecular complexity index is 346. The Hall–Kier alpha value is -1.84. The number of hydrogen-bond donors (Lipinski definition) is 1. The van der Waals surface area contributed by atoms with Gasteiger partial charge < -0.3 is 10.1 Å². The Morgan fingerprint density at radius 2 is 1.93 bits per heavy atom. The summed E-state index contributed by atoms with van der Waals surface area (Å²) in [5, 5.41) is 11.6. The number of benzene rings is 1. The second-order valence-electron chi connectivity index (χ2n) is 2.87. The number of likely N-dealkylation sites (N-methyl/N-ethyl adjacent to an activating group) is 1. The average Bonchev–Trinajstić information content (AvgIpc) is 2.19. The molecule has 74 valence electrons. The fourth-order valence-electron chi connectivity index (χ4n) is 1.15. The molecular weight excluding hydrogens is 180 g/mol. The molecular formula is C10H12N2O2. The molecule has 1 aromatic carbocycles. The van der Waals surface area contributed by atoms with Crippen LogP contribution >= 0.6 is 0 Å². The van der Waals surface area contributed by atoms with Crippen LogP contribution in [-0.2, 0) is 4.79 Å². The molecule has 0 aliphatic rings. The highest BCUT2D eigenvalue weighted by Crippen LogP contribution is 2.11. The maximum absolute atomic E-state index is 11.1. The molecule has 0 aromatic heterocycles. The fraction of sp³-hybridized carbons (Fsp3) is 0.200. The summed E-state index contributed by atoms with van der Waals surface area (Å²) in [5.41, 5.74) is 0.801. The highest BCUT2D eigenvalue weighted by atomic mass is 16.4. The van der Waals surface area contributed by atoms with Gasteiger partial charge >= 0.3 is 0 Å². The molecule has 0 radical (unpaired) electrons. The summed E-state index contributed by atoms with van der Waals surface area (Å²) in [6, 6.07) is 9.23. The Balaban J connectivity index is 2.96. The van der Waals surface area contributed by atoms with Crippen LogP contribution in [0.15, 0.2) is 35.5 Å². The first kappa shape index (κ1) is 10.2. The lowest BCUT2D eigenvalue weighted by Crippen LogP contribution is -2.31. The van der Waals surface area contributed by atoms with E-state index in [4.69, 9.17) is 5.21 Å². The molecule has 1 aromatic rings. The zero-order valence-electron chi connectivity index (χ0n) is 8.14. The van der Waals surface area contributed by atoms with Gasteiger partial charge in [0.05, 0.1) is 0 Å². The minimum atomic E-state index is -0.279. The Morgan fingerprint density at radius 1 is 1.36 bits per heavy atom. The molecule has 0 atom stereocenters. The van der Waals surface area contributed by atoms with Crippen LogP contribution < -0.4 is 4.90 Å². The van der Waals surface area contributed by atoms with Crippen molar-refractivity contribution in [3.05, 3.63) is 30.3 Å². The van der Waals surface area contributed by atoms with E-state index in [-0.39, 0.29) is 11.6 Å². The van der Waals surface area contributed by atoms with E-state index in [1.807, 2.05) is 30.3 Å². The largest absolute Gasteiger partial charge is 0.409 e. The minimum Gasteiger partial charge on any atom is -0.409 e. The van der Waals surface area contributed by atoms with Gasteiger partial charge in [-0.2, -0.15) is 0 Å². The summed E-state index contributed by atoms with van der Waals surface area (Å²) in [5.74, 6) is -0.255. The molecule has 0 amide bonds.